The first-order valence-corrected chi connectivity index (χ1v) is 7.27. The van der Waals surface area contributed by atoms with Crippen LogP contribution in [0.25, 0.3) is 11.3 Å². The predicted octanol–water partition coefficient (Wildman–Crippen LogP) is 4.05. The Balaban J connectivity index is 2.34. The van der Waals surface area contributed by atoms with Crippen molar-refractivity contribution >= 4 is 0 Å². The van der Waals surface area contributed by atoms with Gasteiger partial charge in [0.25, 0.3) is 0 Å². The van der Waals surface area contributed by atoms with Crippen LogP contribution in [-0.2, 0) is 0 Å². The van der Waals surface area contributed by atoms with Crippen LogP contribution in [0.15, 0.2) is 18.3 Å². The number of aromatic nitrogens is 2. The second-order valence-corrected chi connectivity index (χ2v) is 6.19. The van der Waals surface area contributed by atoms with Gasteiger partial charge in [-0.3, -0.25) is 0 Å². The number of hydrogen-bond donors (Lipinski definition) is 2. The first kappa shape index (κ1) is 14.8. The number of hydrogen-bond acceptors (Lipinski definition) is 2. The van der Waals surface area contributed by atoms with Crippen LogP contribution < -0.4 is 5.73 Å². The van der Waals surface area contributed by atoms with Crippen molar-refractivity contribution in [3.05, 3.63) is 40.8 Å². The molecule has 3 nitrogen and oxygen atoms in total. The first-order chi connectivity index (χ1) is 9.38. The molecule has 0 bridgehead atoms. The molecule has 1 unspecified atom stereocenters. The molecule has 0 fully saturated rings. The van der Waals surface area contributed by atoms with Crippen molar-refractivity contribution in [3.63, 3.8) is 0 Å². The summed E-state index contributed by atoms with van der Waals surface area (Å²) in [6.45, 7) is 10.8. The largest absolute Gasteiger partial charge is 0.341 e. The van der Waals surface area contributed by atoms with Crippen LogP contribution in [0.4, 0.5) is 0 Å². The van der Waals surface area contributed by atoms with E-state index in [-0.39, 0.29) is 6.04 Å². The first-order valence-electron chi connectivity index (χ1n) is 7.27. The van der Waals surface area contributed by atoms with Gasteiger partial charge in [-0.15, -0.1) is 0 Å². The number of nitrogens with two attached hydrogens (primary N) is 1. The molecule has 3 heteroatoms. The summed E-state index contributed by atoms with van der Waals surface area (Å²) in [7, 11) is 0. The van der Waals surface area contributed by atoms with Gasteiger partial charge in [-0.1, -0.05) is 31.5 Å². The van der Waals surface area contributed by atoms with E-state index < -0.39 is 0 Å². The van der Waals surface area contributed by atoms with E-state index in [4.69, 9.17) is 5.73 Å². The fourth-order valence-corrected chi connectivity index (χ4v) is 2.88. The minimum absolute atomic E-state index is 0.0187. The van der Waals surface area contributed by atoms with E-state index in [1.54, 1.807) is 0 Å². The molecule has 0 aliphatic heterocycles. The van der Waals surface area contributed by atoms with Crippen molar-refractivity contribution in [2.75, 3.05) is 0 Å². The maximum Gasteiger partial charge on any atom is 0.123 e. The van der Waals surface area contributed by atoms with Gasteiger partial charge in [-0.05, 0) is 44.2 Å². The summed E-state index contributed by atoms with van der Waals surface area (Å²) < 4.78 is 0. The lowest BCUT2D eigenvalue weighted by molar-refractivity contribution is 0.496. The summed E-state index contributed by atoms with van der Waals surface area (Å²) in [5, 5.41) is 0. The molecule has 0 aliphatic rings. The second-order valence-electron chi connectivity index (χ2n) is 6.19. The highest BCUT2D eigenvalue weighted by Crippen LogP contribution is 2.28. The maximum atomic E-state index is 6.19. The van der Waals surface area contributed by atoms with E-state index in [1.165, 1.54) is 22.3 Å². The van der Waals surface area contributed by atoms with Gasteiger partial charge in [0.15, 0.2) is 0 Å². The number of benzene rings is 1. The van der Waals surface area contributed by atoms with Crippen LogP contribution in [-0.4, -0.2) is 9.97 Å². The standard InChI is InChI=1S/C17H25N3/c1-10(2)6-14(18)17-19-9-15(20-17)16-12(4)7-11(3)8-13(16)5/h7-10,14H,6,18H2,1-5H3,(H,19,20). The Morgan fingerprint density at radius 2 is 1.75 bits per heavy atom. The number of aryl methyl sites for hydroxylation is 3. The SMILES string of the molecule is Cc1cc(C)c(-c2cnc(C(N)CC(C)C)[nH]2)c(C)c1. The predicted molar refractivity (Wildman–Crippen MR) is 84.6 cm³/mol. The van der Waals surface area contributed by atoms with Crippen molar-refractivity contribution < 1.29 is 0 Å². The summed E-state index contributed by atoms with van der Waals surface area (Å²) in [5.74, 6) is 1.45. The zero-order chi connectivity index (χ0) is 14.9. The lowest BCUT2D eigenvalue weighted by Gasteiger charge is -2.12. The van der Waals surface area contributed by atoms with Gasteiger partial charge in [-0.25, -0.2) is 4.98 Å². The minimum Gasteiger partial charge on any atom is -0.341 e. The Labute approximate surface area is 121 Å². The second kappa shape index (κ2) is 5.80. The fraction of sp³-hybridized carbons (Fsp3) is 0.471. The summed E-state index contributed by atoms with van der Waals surface area (Å²) in [4.78, 5) is 7.87. The van der Waals surface area contributed by atoms with Gasteiger partial charge in [0, 0.05) is 5.56 Å². The molecule has 2 rings (SSSR count). The van der Waals surface area contributed by atoms with Gasteiger partial charge in [-0.2, -0.15) is 0 Å². The van der Waals surface area contributed by atoms with Gasteiger partial charge in [0.05, 0.1) is 17.9 Å². The molecule has 0 saturated carbocycles. The molecule has 2 aromatic rings. The Hall–Kier alpha value is -1.61. The molecule has 108 valence electrons. The van der Waals surface area contributed by atoms with Crippen molar-refractivity contribution in [2.24, 2.45) is 11.7 Å². The van der Waals surface area contributed by atoms with Gasteiger partial charge >= 0.3 is 0 Å². The smallest absolute Gasteiger partial charge is 0.123 e. The molecule has 0 aliphatic carbocycles. The maximum absolute atomic E-state index is 6.19. The Bertz CT molecular complexity index is 573. The van der Waals surface area contributed by atoms with Crippen molar-refractivity contribution in [2.45, 2.75) is 47.1 Å². The minimum atomic E-state index is -0.0187. The van der Waals surface area contributed by atoms with E-state index in [0.29, 0.717) is 5.92 Å². The highest BCUT2D eigenvalue weighted by Gasteiger charge is 2.14. The highest BCUT2D eigenvalue weighted by atomic mass is 15.0. The molecule has 0 saturated heterocycles. The van der Waals surface area contributed by atoms with Crippen molar-refractivity contribution in [1.82, 2.24) is 9.97 Å². The fourth-order valence-electron chi connectivity index (χ4n) is 2.88. The number of H-pyrrole nitrogens is 1. The summed E-state index contributed by atoms with van der Waals surface area (Å²) >= 11 is 0. The molecule has 1 aromatic heterocycles. The van der Waals surface area contributed by atoms with Crippen molar-refractivity contribution in [3.8, 4) is 11.3 Å². The van der Waals surface area contributed by atoms with Crippen LogP contribution >= 0.6 is 0 Å². The van der Waals surface area contributed by atoms with Crippen LogP contribution in [0.1, 0.15) is 48.8 Å². The third kappa shape index (κ3) is 3.10. The lowest BCUT2D eigenvalue weighted by Crippen LogP contribution is -2.14. The Morgan fingerprint density at radius 3 is 2.30 bits per heavy atom. The number of aromatic amines is 1. The monoisotopic (exact) mass is 271 g/mol. The lowest BCUT2D eigenvalue weighted by atomic mass is 9.98. The van der Waals surface area contributed by atoms with Crippen LogP contribution in [0.3, 0.4) is 0 Å². The van der Waals surface area contributed by atoms with Crippen LogP contribution in [0, 0.1) is 26.7 Å². The molecule has 20 heavy (non-hydrogen) atoms. The molecule has 1 aromatic carbocycles. The molecule has 1 atom stereocenters. The molecule has 3 N–H and O–H groups in total. The third-order valence-corrected chi connectivity index (χ3v) is 3.62. The van der Waals surface area contributed by atoms with E-state index in [2.05, 4.69) is 56.7 Å². The molecule has 1 heterocycles. The van der Waals surface area contributed by atoms with E-state index in [1.807, 2.05) is 6.20 Å². The average molecular weight is 271 g/mol. The number of nitrogens with one attached hydrogen (secondary N) is 1. The number of rotatable bonds is 4. The quantitative estimate of drug-likeness (QED) is 0.881. The van der Waals surface area contributed by atoms with E-state index in [0.717, 1.165) is 17.9 Å². The summed E-state index contributed by atoms with van der Waals surface area (Å²) in [6.07, 6.45) is 2.85. The van der Waals surface area contributed by atoms with Crippen LogP contribution in [0.5, 0.6) is 0 Å². The number of nitrogens with zero attached hydrogens (tertiary/aromatic N) is 1. The third-order valence-electron chi connectivity index (χ3n) is 3.62. The highest BCUT2D eigenvalue weighted by molar-refractivity contribution is 5.67. The molecular weight excluding hydrogens is 246 g/mol. The van der Waals surface area contributed by atoms with Gasteiger partial charge in [0.2, 0.25) is 0 Å². The molecule has 0 amide bonds. The normalized spacial score (nSPS) is 12.9. The summed E-state index contributed by atoms with van der Waals surface area (Å²) in [6, 6.07) is 4.39. The van der Waals surface area contributed by atoms with E-state index >= 15 is 0 Å². The Morgan fingerprint density at radius 1 is 1.15 bits per heavy atom. The van der Waals surface area contributed by atoms with Crippen molar-refractivity contribution in [1.29, 1.82) is 0 Å². The number of imidazole rings is 1. The Kier molecular flexibility index (Phi) is 4.29. The molecule has 0 radical (unpaired) electrons. The van der Waals surface area contributed by atoms with Gasteiger partial charge in [0.1, 0.15) is 5.82 Å². The zero-order valence-electron chi connectivity index (χ0n) is 13.1. The molecular formula is C17H25N3. The van der Waals surface area contributed by atoms with E-state index in [9.17, 15) is 0 Å². The van der Waals surface area contributed by atoms with Crippen LogP contribution in [0.2, 0.25) is 0 Å². The topological polar surface area (TPSA) is 54.7 Å². The molecule has 0 spiro atoms. The average Bonchev–Trinajstić information content (AvgIpc) is 2.75. The zero-order valence-corrected chi connectivity index (χ0v) is 13.1. The summed E-state index contributed by atoms with van der Waals surface area (Å²) in [5.41, 5.74) is 12.3. The van der Waals surface area contributed by atoms with Gasteiger partial charge < -0.3 is 10.7 Å².